The van der Waals surface area contributed by atoms with Crippen LogP contribution < -0.4 is 10.5 Å². The van der Waals surface area contributed by atoms with Crippen molar-refractivity contribution >= 4 is 11.6 Å². The zero-order chi connectivity index (χ0) is 10.6. The van der Waals surface area contributed by atoms with Gasteiger partial charge in [0.25, 0.3) is 0 Å². The predicted octanol–water partition coefficient (Wildman–Crippen LogP) is 2.54. The van der Waals surface area contributed by atoms with Crippen molar-refractivity contribution in [2.24, 2.45) is 5.73 Å². The van der Waals surface area contributed by atoms with Crippen LogP contribution in [0.15, 0.2) is 30.4 Å². The summed E-state index contributed by atoms with van der Waals surface area (Å²) in [6, 6.07) is 5.66. The first-order chi connectivity index (χ1) is 6.63. The van der Waals surface area contributed by atoms with Crippen LogP contribution in [0, 0.1) is 6.92 Å². The highest BCUT2D eigenvalue weighted by Gasteiger charge is 2.01. The van der Waals surface area contributed by atoms with Gasteiger partial charge in [0, 0.05) is 6.54 Å². The lowest BCUT2D eigenvalue weighted by molar-refractivity contribution is 0.351. The monoisotopic (exact) mass is 211 g/mol. The average Bonchev–Trinajstić information content (AvgIpc) is 2.16. The van der Waals surface area contributed by atoms with E-state index in [9.17, 15) is 0 Å². The van der Waals surface area contributed by atoms with Gasteiger partial charge in [0.2, 0.25) is 0 Å². The van der Waals surface area contributed by atoms with Gasteiger partial charge in [-0.2, -0.15) is 0 Å². The highest BCUT2D eigenvalue weighted by molar-refractivity contribution is 6.32. The molecule has 0 unspecified atom stereocenters. The smallest absolute Gasteiger partial charge is 0.138 e. The highest BCUT2D eigenvalue weighted by Crippen LogP contribution is 2.25. The number of rotatable bonds is 4. The Kier molecular flexibility index (Phi) is 3.98. The maximum absolute atomic E-state index is 5.97. The van der Waals surface area contributed by atoms with E-state index >= 15 is 0 Å². The summed E-state index contributed by atoms with van der Waals surface area (Å²) in [6.07, 6.45) is 0. The number of halogens is 1. The Bertz CT molecular complexity index is 336. The number of nitrogens with two attached hydrogens (primary N) is 1. The van der Waals surface area contributed by atoms with Gasteiger partial charge in [-0.05, 0) is 30.2 Å². The number of ether oxygens (including phenoxy) is 1. The van der Waals surface area contributed by atoms with Gasteiger partial charge in [0.1, 0.15) is 12.4 Å². The molecule has 0 atom stereocenters. The number of hydrogen-bond donors (Lipinski definition) is 1. The molecule has 1 aromatic carbocycles. The van der Waals surface area contributed by atoms with Crippen LogP contribution in [0.2, 0.25) is 5.02 Å². The summed E-state index contributed by atoms with van der Waals surface area (Å²) in [5.41, 5.74) is 7.35. The zero-order valence-corrected chi connectivity index (χ0v) is 8.97. The minimum Gasteiger partial charge on any atom is -0.488 e. The highest BCUT2D eigenvalue weighted by atomic mass is 35.5. The summed E-state index contributed by atoms with van der Waals surface area (Å²) >= 11 is 5.97. The molecule has 0 heterocycles. The van der Waals surface area contributed by atoms with Crippen molar-refractivity contribution in [1.82, 2.24) is 0 Å². The second-order valence-corrected chi connectivity index (χ2v) is 3.58. The van der Waals surface area contributed by atoms with E-state index in [2.05, 4.69) is 6.58 Å². The molecule has 0 amide bonds. The summed E-state index contributed by atoms with van der Waals surface area (Å²) in [5.74, 6) is 0.673. The lowest BCUT2D eigenvalue weighted by Gasteiger charge is -2.08. The van der Waals surface area contributed by atoms with Crippen molar-refractivity contribution in [3.05, 3.63) is 40.9 Å². The van der Waals surface area contributed by atoms with Gasteiger partial charge < -0.3 is 10.5 Å². The van der Waals surface area contributed by atoms with Crippen molar-refractivity contribution in [2.45, 2.75) is 6.92 Å². The van der Waals surface area contributed by atoms with E-state index in [0.29, 0.717) is 23.9 Å². The maximum Gasteiger partial charge on any atom is 0.138 e. The second-order valence-electron chi connectivity index (χ2n) is 3.18. The average molecular weight is 212 g/mol. The molecule has 0 bridgehead atoms. The maximum atomic E-state index is 5.97. The van der Waals surface area contributed by atoms with Gasteiger partial charge >= 0.3 is 0 Å². The third-order valence-corrected chi connectivity index (χ3v) is 2.10. The summed E-state index contributed by atoms with van der Waals surface area (Å²) in [5, 5.41) is 0.620. The van der Waals surface area contributed by atoms with Gasteiger partial charge in [-0.25, -0.2) is 0 Å². The minimum atomic E-state index is 0.416. The van der Waals surface area contributed by atoms with Crippen molar-refractivity contribution in [2.75, 3.05) is 13.2 Å². The molecule has 0 aliphatic heterocycles. The van der Waals surface area contributed by atoms with Crippen LogP contribution in [0.4, 0.5) is 0 Å². The second kappa shape index (κ2) is 5.03. The first-order valence-electron chi connectivity index (χ1n) is 4.39. The van der Waals surface area contributed by atoms with E-state index in [1.54, 1.807) is 0 Å². The Labute approximate surface area is 89.3 Å². The molecule has 0 spiro atoms. The van der Waals surface area contributed by atoms with Crippen molar-refractivity contribution in [3.8, 4) is 5.75 Å². The molecule has 14 heavy (non-hydrogen) atoms. The predicted molar refractivity (Wildman–Crippen MR) is 59.9 cm³/mol. The van der Waals surface area contributed by atoms with Gasteiger partial charge in [-0.1, -0.05) is 24.2 Å². The van der Waals surface area contributed by atoms with Crippen molar-refractivity contribution in [1.29, 1.82) is 0 Å². The Morgan fingerprint density at radius 2 is 2.29 bits per heavy atom. The lowest BCUT2D eigenvalue weighted by atomic mass is 10.2. The van der Waals surface area contributed by atoms with E-state index in [1.165, 1.54) is 0 Å². The first-order valence-corrected chi connectivity index (χ1v) is 4.77. The minimum absolute atomic E-state index is 0.416. The molecule has 0 saturated carbocycles. The summed E-state index contributed by atoms with van der Waals surface area (Å²) in [7, 11) is 0. The molecular weight excluding hydrogens is 198 g/mol. The Hall–Kier alpha value is -0.990. The molecule has 0 saturated heterocycles. The number of benzene rings is 1. The summed E-state index contributed by atoms with van der Waals surface area (Å²) < 4.78 is 5.43. The van der Waals surface area contributed by atoms with Gasteiger partial charge in [-0.15, -0.1) is 0 Å². The SMILES string of the molecule is C=C(CN)COc1ccc(C)cc1Cl. The molecule has 2 N–H and O–H groups in total. The lowest BCUT2D eigenvalue weighted by Crippen LogP contribution is -2.09. The molecular formula is C11H14ClNO. The van der Waals surface area contributed by atoms with Gasteiger partial charge in [0.15, 0.2) is 0 Å². The zero-order valence-electron chi connectivity index (χ0n) is 8.22. The standard InChI is InChI=1S/C11H14ClNO/c1-8-3-4-11(10(12)5-8)14-7-9(2)6-13/h3-5H,2,6-7,13H2,1H3. The molecule has 0 fully saturated rings. The van der Waals surface area contributed by atoms with Crippen LogP contribution in [-0.2, 0) is 0 Å². The summed E-state index contributed by atoms with van der Waals surface area (Å²) in [4.78, 5) is 0. The van der Waals surface area contributed by atoms with Crippen molar-refractivity contribution < 1.29 is 4.74 Å². The quantitative estimate of drug-likeness (QED) is 0.777. The number of hydrogen-bond acceptors (Lipinski definition) is 2. The van der Waals surface area contributed by atoms with E-state index in [1.807, 2.05) is 25.1 Å². The third-order valence-electron chi connectivity index (χ3n) is 1.81. The van der Waals surface area contributed by atoms with E-state index in [0.717, 1.165) is 11.1 Å². The van der Waals surface area contributed by atoms with Crippen LogP contribution >= 0.6 is 11.6 Å². The molecule has 0 aliphatic rings. The van der Waals surface area contributed by atoms with Gasteiger partial charge in [-0.3, -0.25) is 0 Å². The molecule has 1 aromatic rings. The molecule has 76 valence electrons. The Morgan fingerprint density at radius 1 is 1.57 bits per heavy atom. The van der Waals surface area contributed by atoms with E-state index < -0.39 is 0 Å². The summed E-state index contributed by atoms with van der Waals surface area (Å²) in [6.45, 7) is 6.57. The molecule has 1 rings (SSSR count). The fourth-order valence-corrected chi connectivity index (χ4v) is 1.25. The number of aryl methyl sites for hydroxylation is 1. The molecule has 0 aliphatic carbocycles. The fraction of sp³-hybridized carbons (Fsp3) is 0.273. The molecule has 0 aromatic heterocycles. The third kappa shape index (κ3) is 3.05. The van der Waals surface area contributed by atoms with Crippen molar-refractivity contribution in [3.63, 3.8) is 0 Å². The van der Waals surface area contributed by atoms with Gasteiger partial charge in [0.05, 0.1) is 5.02 Å². The van der Waals surface area contributed by atoms with E-state index in [-0.39, 0.29) is 0 Å². The van der Waals surface area contributed by atoms with Crippen LogP contribution in [0.3, 0.4) is 0 Å². The topological polar surface area (TPSA) is 35.2 Å². The van der Waals surface area contributed by atoms with E-state index in [4.69, 9.17) is 22.1 Å². The Morgan fingerprint density at radius 3 is 2.86 bits per heavy atom. The molecule has 2 nitrogen and oxygen atoms in total. The molecule has 0 radical (unpaired) electrons. The Balaban J connectivity index is 2.63. The fourth-order valence-electron chi connectivity index (χ4n) is 0.962. The molecule has 3 heteroatoms. The van der Waals surface area contributed by atoms with Crippen LogP contribution in [0.25, 0.3) is 0 Å². The first kappa shape index (κ1) is 11.1. The van der Waals surface area contributed by atoms with Crippen LogP contribution in [0.1, 0.15) is 5.56 Å². The largest absolute Gasteiger partial charge is 0.488 e. The van der Waals surface area contributed by atoms with Crippen LogP contribution in [-0.4, -0.2) is 13.2 Å². The van der Waals surface area contributed by atoms with Crippen LogP contribution in [0.5, 0.6) is 5.75 Å². The normalized spacial score (nSPS) is 9.93.